The number of rotatable bonds is 6. The maximum atomic E-state index is 12.6. The van der Waals surface area contributed by atoms with E-state index in [4.69, 9.17) is 5.11 Å². The first-order chi connectivity index (χ1) is 10.1. The molecule has 0 atom stereocenters. The number of hydrogen-bond acceptors (Lipinski definition) is 3. The second-order valence-electron chi connectivity index (χ2n) is 4.78. The van der Waals surface area contributed by atoms with Gasteiger partial charge in [-0.3, -0.25) is 9.59 Å². The Morgan fingerprint density at radius 3 is 2.17 bits per heavy atom. The van der Waals surface area contributed by atoms with Gasteiger partial charge in [0, 0.05) is 30.4 Å². The molecule has 0 aliphatic carbocycles. The van der Waals surface area contributed by atoms with Crippen LogP contribution in [0, 0.1) is 0 Å². The smallest absolute Gasteiger partial charge is 1.00 e. The van der Waals surface area contributed by atoms with E-state index in [0.29, 0.717) is 17.7 Å². The normalized spacial score (nSPS) is 9.26. The molecule has 0 heterocycles. The van der Waals surface area contributed by atoms with Crippen LogP contribution in [-0.4, -0.2) is 30.5 Å². The van der Waals surface area contributed by atoms with Gasteiger partial charge in [-0.05, 0) is 12.1 Å². The van der Waals surface area contributed by atoms with E-state index in [1.807, 2.05) is 36.4 Å². The number of carboxylic acid groups (broad SMARTS) is 1. The maximum absolute atomic E-state index is 12.6. The number of aliphatic carboxylic acids is 1. The van der Waals surface area contributed by atoms with E-state index >= 15 is 0 Å². The Kier molecular flexibility index (Phi) is 10.7. The van der Waals surface area contributed by atoms with Crippen molar-refractivity contribution in [1.82, 2.24) is 0 Å². The monoisotopic (exact) mass is 331 g/mol. The molecule has 23 heavy (non-hydrogen) atoms. The van der Waals surface area contributed by atoms with Gasteiger partial charge in [-0.25, -0.2) is 0 Å². The summed E-state index contributed by atoms with van der Waals surface area (Å²) >= 11 is 0. The Balaban J connectivity index is -0.00000121. The van der Waals surface area contributed by atoms with Gasteiger partial charge in [-0.2, -0.15) is 0 Å². The molecule has 0 saturated heterocycles. The number of hydrogen-bond donors (Lipinski definition) is 1. The average molecular weight is 331 g/mol. The largest absolute Gasteiger partial charge is 1.00 e. The summed E-state index contributed by atoms with van der Waals surface area (Å²) in [5.74, 6) is -0.915. The summed E-state index contributed by atoms with van der Waals surface area (Å²) in [5, 5.41) is 8.77. The number of anilines is 1. The Hall–Kier alpha value is -0.620. The molecular weight excluding hydrogens is 312 g/mol. The fourth-order valence-electron chi connectivity index (χ4n) is 2.13. The minimum atomic E-state index is -0.853. The minimum Gasteiger partial charge on any atom is -1.00 e. The van der Waals surface area contributed by atoms with Gasteiger partial charge in [0.25, 0.3) is 0 Å². The van der Waals surface area contributed by atoms with Crippen molar-refractivity contribution in [1.29, 1.82) is 0 Å². The van der Waals surface area contributed by atoms with E-state index in [9.17, 15) is 9.59 Å². The van der Waals surface area contributed by atoms with Gasteiger partial charge < -0.3 is 12.9 Å². The molecule has 0 saturated carbocycles. The van der Waals surface area contributed by atoms with Crippen molar-refractivity contribution in [2.24, 2.45) is 0 Å². The van der Waals surface area contributed by atoms with E-state index in [1.165, 1.54) is 0 Å². The van der Waals surface area contributed by atoms with Crippen LogP contribution < -0.4 is 64.0 Å². The van der Waals surface area contributed by atoms with Crippen LogP contribution in [0.2, 0.25) is 0 Å². The molecule has 6 heteroatoms. The zero-order valence-electron chi connectivity index (χ0n) is 15.8. The molecule has 2 rings (SSSR count). The van der Waals surface area contributed by atoms with Crippen LogP contribution in [0.1, 0.15) is 25.2 Å². The summed E-state index contributed by atoms with van der Waals surface area (Å²) in [6.07, 6.45) is 0.0321. The van der Waals surface area contributed by atoms with Crippen molar-refractivity contribution in [3.05, 3.63) is 65.7 Å². The van der Waals surface area contributed by atoms with Crippen molar-refractivity contribution >= 4 is 17.4 Å². The van der Waals surface area contributed by atoms with Gasteiger partial charge >= 0.3 is 65.1 Å². The van der Waals surface area contributed by atoms with Crippen molar-refractivity contribution in [3.8, 4) is 0 Å². The summed E-state index contributed by atoms with van der Waals surface area (Å²) in [4.78, 5) is 25.0. The summed E-state index contributed by atoms with van der Waals surface area (Å²) in [6, 6.07) is 16.3. The molecule has 2 aromatic carbocycles. The third-order valence-electron chi connectivity index (χ3n) is 3.26. The standard InChI is InChI=1S/C17H17NO3.2Na.2H/c1-18(12-11-16(19)20)15-10-6-5-9-14(15)17(21)13-7-3-2-4-8-13;;;;/h2-10H,11-12H2,1H3,(H,19,20);;;;/q;2*+1;2*-1. The second-order valence-corrected chi connectivity index (χ2v) is 4.78. The molecule has 0 spiro atoms. The Bertz CT molecular complexity index is 657. The van der Waals surface area contributed by atoms with Gasteiger partial charge in [0.1, 0.15) is 0 Å². The van der Waals surface area contributed by atoms with Crippen LogP contribution in [0.4, 0.5) is 5.69 Å². The molecule has 0 amide bonds. The third kappa shape index (κ3) is 6.42. The molecule has 0 aliphatic heterocycles. The molecule has 2 aromatic rings. The summed E-state index contributed by atoms with van der Waals surface area (Å²) < 4.78 is 0. The molecule has 0 aromatic heterocycles. The summed E-state index contributed by atoms with van der Waals surface area (Å²) in [7, 11) is 1.79. The van der Waals surface area contributed by atoms with Gasteiger partial charge in [0.15, 0.2) is 5.78 Å². The van der Waals surface area contributed by atoms with E-state index < -0.39 is 5.97 Å². The van der Waals surface area contributed by atoms with Gasteiger partial charge in [0.2, 0.25) is 0 Å². The SMILES string of the molecule is CN(CCC(=O)O)c1ccccc1C(=O)c1ccccc1.[H-].[H-].[Na+].[Na+]. The van der Waals surface area contributed by atoms with E-state index in [-0.39, 0.29) is 74.2 Å². The quantitative estimate of drug-likeness (QED) is 0.455. The number of para-hydroxylation sites is 1. The molecule has 0 aliphatic rings. The third-order valence-corrected chi connectivity index (χ3v) is 3.26. The molecule has 0 unspecified atom stereocenters. The van der Waals surface area contributed by atoms with Crippen LogP contribution in [0.15, 0.2) is 54.6 Å². The number of carbonyl (C=O) groups is 2. The van der Waals surface area contributed by atoms with Crippen molar-refractivity contribution < 1.29 is 76.7 Å². The predicted molar refractivity (Wildman–Crippen MR) is 84.1 cm³/mol. The van der Waals surface area contributed by atoms with Crippen LogP contribution in [-0.2, 0) is 4.79 Å². The molecule has 0 bridgehead atoms. The molecule has 4 nitrogen and oxygen atoms in total. The summed E-state index contributed by atoms with van der Waals surface area (Å²) in [5.41, 5.74) is 1.95. The molecule has 0 radical (unpaired) electrons. The number of ketones is 1. The molecule has 112 valence electrons. The van der Waals surface area contributed by atoms with Gasteiger partial charge in [0.05, 0.1) is 6.42 Å². The van der Waals surface area contributed by atoms with Crippen LogP contribution in [0.3, 0.4) is 0 Å². The molecule has 0 fully saturated rings. The van der Waals surface area contributed by atoms with Crippen molar-refractivity contribution in [3.63, 3.8) is 0 Å². The van der Waals surface area contributed by atoms with Crippen LogP contribution in [0.5, 0.6) is 0 Å². The van der Waals surface area contributed by atoms with E-state index in [0.717, 1.165) is 5.69 Å². The topological polar surface area (TPSA) is 57.6 Å². The minimum absolute atomic E-state index is 0. The molecular formula is C17H19NNa2O3. The van der Waals surface area contributed by atoms with Crippen LogP contribution >= 0.6 is 0 Å². The fraction of sp³-hybridized carbons (Fsp3) is 0.176. The second kappa shape index (κ2) is 11.0. The van der Waals surface area contributed by atoms with Gasteiger partial charge in [-0.15, -0.1) is 0 Å². The first kappa shape index (κ1) is 22.4. The Labute approximate surface area is 183 Å². The average Bonchev–Trinajstić information content (AvgIpc) is 2.52. The fourth-order valence-corrected chi connectivity index (χ4v) is 2.13. The van der Waals surface area contributed by atoms with Crippen molar-refractivity contribution in [2.75, 3.05) is 18.5 Å². The van der Waals surface area contributed by atoms with Crippen LogP contribution in [0.25, 0.3) is 0 Å². The van der Waals surface area contributed by atoms with E-state index in [2.05, 4.69) is 0 Å². The number of nitrogens with zero attached hydrogens (tertiary/aromatic N) is 1. The maximum Gasteiger partial charge on any atom is 1.00 e. The number of carboxylic acids is 1. The zero-order valence-corrected chi connectivity index (χ0v) is 17.8. The number of benzene rings is 2. The van der Waals surface area contributed by atoms with Crippen molar-refractivity contribution in [2.45, 2.75) is 6.42 Å². The Morgan fingerprint density at radius 2 is 1.57 bits per heavy atom. The molecule has 1 N–H and O–H groups in total. The predicted octanol–water partition coefficient (Wildman–Crippen LogP) is -2.94. The number of carbonyl (C=O) groups excluding carboxylic acids is 1. The first-order valence-corrected chi connectivity index (χ1v) is 6.71. The first-order valence-electron chi connectivity index (χ1n) is 6.71. The Morgan fingerprint density at radius 1 is 1.00 bits per heavy atom. The van der Waals surface area contributed by atoms with E-state index in [1.54, 1.807) is 30.1 Å². The summed E-state index contributed by atoms with van der Waals surface area (Å²) in [6.45, 7) is 0.356. The zero-order chi connectivity index (χ0) is 15.2. The van der Waals surface area contributed by atoms with Gasteiger partial charge in [-0.1, -0.05) is 42.5 Å².